The summed E-state index contributed by atoms with van der Waals surface area (Å²) in [6.07, 6.45) is 0.335. The number of halogens is 1. The van der Waals surface area contributed by atoms with Gasteiger partial charge in [0.15, 0.2) is 0 Å². The fourth-order valence-electron chi connectivity index (χ4n) is 1.90. The Morgan fingerprint density at radius 1 is 1.26 bits per heavy atom. The monoisotopic (exact) mass is 391 g/mol. The molecule has 0 atom stereocenters. The number of anilines is 1. The lowest BCUT2D eigenvalue weighted by molar-refractivity contribution is -0.116. The lowest BCUT2D eigenvalue weighted by Gasteiger charge is -2.16. The Labute approximate surface area is 146 Å². The van der Waals surface area contributed by atoms with Crippen molar-refractivity contribution in [2.75, 3.05) is 18.9 Å². The molecule has 0 radical (unpaired) electrons. The third kappa shape index (κ3) is 4.91. The van der Waals surface area contributed by atoms with E-state index in [4.69, 9.17) is 5.26 Å². The predicted octanol–water partition coefficient (Wildman–Crippen LogP) is 3.29. The topological polar surface area (TPSA) is 73.2 Å². The van der Waals surface area contributed by atoms with Crippen molar-refractivity contribution >= 4 is 44.8 Å². The van der Waals surface area contributed by atoms with Gasteiger partial charge in [-0.25, -0.2) is 0 Å². The van der Waals surface area contributed by atoms with Crippen molar-refractivity contribution in [3.63, 3.8) is 0 Å². The molecule has 1 aromatic carbocycles. The zero-order chi connectivity index (χ0) is 16.8. The molecule has 0 aliphatic rings. The molecule has 0 fully saturated rings. The van der Waals surface area contributed by atoms with Crippen LogP contribution in [-0.4, -0.2) is 30.3 Å². The first-order valence-corrected chi connectivity index (χ1v) is 8.37. The number of hydrogen-bond acceptors (Lipinski definition) is 4. The van der Waals surface area contributed by atoms with E-state index in [1.54, 1.807) is 43.4 Å². The minimum atomic E-state index is -0.274. The Hall–Kier alpha value is -2.17. The molecule has 0 aliphatic heterocycles. The molecule has 1 heterocycles. The number of likely N-dealkylation sites (N-methyl/N-ethyl adjacent to an activating group) is 1. The number of hydrogen-bond donors (Lipinski definition) is 1. The number of nitrogens with zero attached hydrogens (tertiary/aromatic N) is 2. The Morgan fingerprint density at radius 3 is 2.52 bits per heavy atom. The maximum absolute atomic E-state index is 12.2. The molecule has 2 rings (SSSR count). The van der Waals surface area contributed by atoms with E-state index in [-0.39, 0.29) is 18.4 Å². The second-order valence-corrected chi connectivity index (χ2v) is 7.31. The van der Waals surface area contributed by atoms with Gasteiger partial charge in [-0.15, -0.1) is 11.3 Å². The molecule has 23 heavy (non-hydrogen) atoms. The van der Waals surface area contributed by atoms with Gasteiger partial charge in [-0.3, -0.25) is 9.59 Å². The normalized spacial score (nSPS) is 9.96. The van der Waals surface area contributed by atoms with Gasteiger partial charge in [0.2, 0.25) is 5.91 Å². The largest absolute Gasteiger partial charge is 0.332 e. The van der Waals surface area contributed by atoms with Crippen molar-refractivity contribution < 1.29 is 9.59 Å². The molecular weight excluding hydrogens is 378 g/mol. The number of rotatable bonds is 5. The van der Waals surface area contributed by atoms with Gasteiger partial charge in [0, 0.05) is 12.7 Å². The molecule has 5 nitrogen and oxygen atoms in total. The van der Waals surface area contributed by atoms with Crippen molar-refractivity contribution in [2.24, 2.45) is 0 Å². The highest BCUT2D eigenvalue weighted by atomic mass is 79.9. The summed E-state index contributed by atoms with van der Waals surface area (Å²) in [5.74, 6) is -0.468. The van der Waals surface area contributed by atoms with Gasteiger partial charge in [-0.05, 0) is 45.8 Å². The highest BCUT2D eigenvalue weighted by molar-refractivity contribution is 9.11. The van der Waals surface area contributed by atoms with Gasteiger partial charge in [0.1, 0.15) is 0 Å². The molecule has 0 aliphatic carbocycles. The van der Waals surface area contributed by atoms with Crippen LogP contribution in [0.25, 0.3) is 0 Å². The summed E-state index contributed by atoms with van der Waals surface area (Å²) in [6.45, 7) is -0.0334. The Morgan fingerprint density at radius 2 is 1.96 bits per heavy atom. The van der Waals surface area contributed by atoms with Crippen molar-refractivity contribution in [1.29, 1.82) is 5.26 Å². The van der Waals surface area contributed by atoms with Gasteiger partial charge in [-0.2, -0.15) is 5.26 Å². The zero-order valence-electron chi connectivity index (χ0n) is 12.4. The van der Waals surface area contributed by atoms with Crippen LogP contribution in [0.5, 0.6) is 0 Å². The maximum atomic E-state index is 12.2. The number of thiophene rings is 1. The Bertz CT molecular complexity index is 749. The van der Waals surface area contributed by atoms with E-state index in [0.29, 0.717) is 17.0 Å². The van der Waals surface area contributed by atoms with E-state index in [0.717, 1.165) is 9.35 Å². The second-order valence-electron chi connectivity index (χ2n) is 4.84. The molecule has 2 aromatic rings. The van der Waals surface area contributed by atoms with Crippen molar-refractivity contribution in [3.05, 3.63) is 50.6 Å². The third-order valence-electron chi connectivity index (χ3n) is 3.03. The van der Waals surface area contributed by atoms with Crippen LogP contribution in [0.1, 0.15) is 15.2 Å². The van der Waals surface area contributed by atoms with Crippen LogP contribution in [0.4, 0.5) is 5.69 Å². The quantitative estimate of drug-likeness (QED) is 0.849. The van der Waals surface area contributed by atoms with Crippen molar-refractivity contribution in [3.8, 4) is 6.07 Å². The average Bonchev–Trinajstić information content (AvgIpc) is 2.95. The van der Waals surface area contributed by atoms with Gasteiger partial charge in [-0.1, -0.05) is 12.1 Å². The van der Waals surface area contributed by atoms with E-state index in [2.05, 4.69) is 27.3 Å². The molecule has 0 bridgehead atoms. The molecule has 1 N–H and O–H groups in total. The summed E-state index contributed by atoms with van der Waals surface area (Å²) < 4.78 is 0.871. The number of amides is 2. The predicted molar refractivity (Wildman–Crippen MR) is 93.4 cm³/mol. The van der Waals surface area contributed by atoms with Crippen LogP contribution in [0.15, 0.2) is 40.2 Å². The molecule has 1 aromatic heterocycles. The van der Waals surface area contributed by atoms with Gasteiger partial charge in [0.25, 0.3) is 5.91 Å². The first-order chi connectivity index (χ1) is 11.0. The number of nitriles is 1. The molecule has 0 saturated heterocycles. The number of carbonyl (C=O) groups is 2. The summed E-state index contributed by atoms with van der Waals surface area (Å²) in [4.78, 5) is 26.1. The van der Waals surface area contributed by atoms with E-state index in [1.165, 1.54) is 16.2 Å². The highest BCUT2D eigenvalue weighted by Gasteiger charge is 2.16. The SMILES string of the molecule is CN(CC(=O)Nc1ccc(CC#N)cc1)C(=O)c1ccc(Br)s1. The highest BCUT2D eigenvalue weighted by Crippen LogP contribution is 2.23. The minimum Gasteiger partial charge on any atom is -0.332 e. The lowest BCUT2D eigenvalue weighted by atomic mass is 10.1. The minimum absolute atomic E-state index is 0.0334. The van der Waals surface area contributed by atoms with Crippen LogP contribution < -0.4 is 5.32 Å². The van der Waals surface area contributed by atoms with Crippen molar-refractivity contribution in [1.82, 2.24) is 4.90 Å². The van der Waals surface area contributed by atoms with E-state index in [9.17, 15) is 9.59 Å². The molecule has 118 valence electrons. The Kier molecular flexibility index (Phi) is 5.90. The van der Waals surface area contributed by atoms with Crippen LogP contribution in [0.3, 0.4) is 0 Å². The summed E-state index contributed by atoms with van der Waals surface area (Å²) in [5.41, 5.74) is 1.53. The maximum Gasteiger partial charge on any atom is 0.264 e. The average molecular weight is 392 g/mol. The van der Waals surface area contributed by atoms with Crippen LogP contribution in [0.2, 0.25) is 0 Å². The molecule has 0 saturated carbocycles. The molecule has 7 heteroatoms. The number of nitrogens with one attached hydrogen (secondary N) is 1. The fourth-order valence-corrected chi connectivity index (χ4v) is 3.28. The Balaban J connectivity index is 1.91. The lowest BCUT2D eigenvalue weighted by Crippen LogP contribution is -2.34. The van der Waals surface area contributed by atoms with Gasteiger partial charge < -0.3 is 10.2 Å². The number of benzene rings is 1. The molecule has 0 spiro atoms. The van der Waals surface area contributed by atoms with Crippen molar-refractivity contribution in [2.45, 2.75) is 6.42 Å². The van der Waals surface area contributed by atoms with Gasteiger partial charge in [0.05, 0.1) is 27.7 Å². The van der Waals surface area contributed by atoms with Crippen LogP contribution >= 0.6 is 27.3 Å². The second kappa shape index (κ2) is 7.90. The summed E-state index contributed by atoms with van der Waals surface area (Å²) in [6, 6.07) is 12.6. The van der Waals surface area contributed by atoms with Gasteiger partial charge >= 0.3 is 0 Å². The molecule has 0 unspecified atom stereocenters. The summed E-state index contributed by atoms with van der Waals surface area (Å²) in [5, 5.41) is 11.4. The standard InChI is InChI=1S/C16H14BrN3O2S/c1-20(16(22)13-6-7-14(17)23-13)10-15(21)19-12-4-2-11(3-5-12)8-9-18/h2-7H,8,10H2,1H3,(H,19,21). The van der Waals surface area contributed by atoms with Crippen LogP contribution in [0, 0.1) is 11.3 Å². The fraction of sp³-hybridized carbons (Fsp3) is 0.188. The van der Waals surface area contributed by atoms with E-state index in [1.807, 2.05) is 0 Å². The third-order valence-corrected chi connectivity index (χ3v) is 4.64. The first-order valence-electron chi connectivity index (χ1n) is 6.76. The molecule has 2 amide bonds. The van der Waals surface area contributed by atoms with E-state index < -0.39 is 0 Å². The first kappa shape index (κ1) is 17.2. The summed E-state index contributed by atoms with van der Waals surface area (Å²) >= 11 is 4.64. The zero-order valence-corrected chi connectivity index (χ0v) is 14.8. The number of carbonyl (C=O) groups excluding carboxylic acids is 2. The van der Waals surface area contributed by atoms with Crippen LogP contribution in [-0.2, 0) is 11.2 Å². The smallest absolute Gasteiger partial charge is 0.264 e. The summed E-state index contributed by atoms with van der Waals surface area (Å²) in [7, 11) is 1.59. The van der Waals surface area contributed by atoms with E-state index >= 15 is 0 Å². The molecular formula is C16H14BrN3O2S.